The maximum Gasteiger partial charge on any atom is 0.292 e. The second-order valence-corrected chi connectivity index (χ2v) is 12.2. The molecule has 3 heterocycles. The van der Waals surface area contributed by atoms with E-state index in [4.69, 9.17) is 5.11 Å². The Morgan fingerprint density at radius 1 is 1.00 bits per heavy atom. The Kier molecular flexibility index (Phi) is 7.17. The monoisotopic (exact) mass is 529 g/mol. The zero-order valence-corrected chi connectivity index (χ0v) is 21.8. The molecule has 3 fully saturated rings. The SMILES string of the molecule is O=C(Nc1cccn(N2CCCCC2)c1=O)c1ccc(NS(=O)(=O)CCO)cc1N1CCC2(CC1)CC2. The molecule has 0 unspecified atom stereocenters. The molecule has 11 heteroatoms. The molecule has 3 aliphatic rings. The van der Waals surface area contributed by atoms with E-state index in [0.29, 0.717) is 22.4 Å². The number of anilines is 3. The molecule has 200 valence electrons. The van der Waals surface area contributed by atoms with Crippen LogP contribution in [0.2, 0.25) is 0 Å². The molecule has 2 aromatic rings. The molecule has 1 amide bonds. The Hall–Kier alpha value is -3.05. The number of nitrogens with one attached hydrogen (secondary N) is 2. The molecule has 37 heavy (non-hydrogen) atoms. The van der Waals surface area contributed by atoms with E-state index >= 15 is 0 Å². The predicted molar refractivity (Wildman–Crippen MR) is 145 cm³/mol. The first-order chi connectivity index (χ1) is 17.8. The summed E-state index contributed by atoms with van der Waals surface area (Å²) in [5.41, 5.74) is 1.70. The van der Waals surface area contributed by atoms with Gasteiger partial charge in [0.25, 0.3) is 11.5 Å². The van der Waals surface area contributed by atoms with Crippen LogP contribution in [0, 0.1) is 5.41 Å². The molecule has 0 bridgehead atoms. The molecule has 0 atom stereocenters. The van der Waals surface area contributed by atoms with Crippen molar-refractivity contribution in [3.63, 3.8) is 0 Å². The molecule has 2 saturated heterocycles. The normalized spacial score (nSPS) is 19.1. The zero-order chi connectivity index (χ0) is 26.0. The van der Waals surface area contributed by atoms with Gasteiger partial charge < -0.3 is 20.3 Å². The van der Waals surface area contributed by atoms with E-state index < -0.39 is 28.3 Å². The fourth-order valence-corrected chi connectivity index (χ4v) is 6.21. The smallest absolute Gasteiger partial charge is 0.292 e. The first kappa shape index (κ1) is 25.6. The van der Waals surface area contributed by atoms with E-state index in [1.807, 2.05) is 5.01 Å². The highest BCUT2D eigenvalue weighted by molar-refractivity contribution is 7.92. The third-order valence-corrected chi connectivity index (χ3v) is 9.08. The second kappa shape index (κ2) is 10.4. The maximum atomic E-state index is 13.5. The van der Waals surface area contributed by atoms with Gasteiger partial charge in [0.1, 0.15) is 5.69 Å². The van der Waals surface area contributed by atoms with Crippen LogP contribution in [0.25, 0.3) is 0 Å². The van der Waals surface area contributed by atoms with Gasteiger partial charge in [-0.3, -0.25) is 14.3 Å². The molecule has 1 aliphatic carbocycles. The van der Waals surface area contributed by atoms with Crippen LogP contribution in [-0.4, -0.2) is 62.6 Å². The van der Waals surface area contributed by atoms with Gasteiger partial charge in [-0.15, -0.1) is 0 Å². The van der Waals surface area contributed by atoms with E-state index in [1.165, 1.54) is 18.9 Å². The topological polar surface area (TPSA) is 124 Å². The Morgan fingerprint density at radius 3 is 2.41 bits per heavy atom. The van der Waals surface area contributed by atoms with Crippen LogP contribution in [0.3, 0.4) is 0 Å². The minimum absolute atomic E-state index is 0.201. The number of pyridine rings is 1. The van der Waals surface area contributed by atoms with Crippen LogP contribution in [0.5, 0.6) is 0 Å². The lowest BCUT2D eigenvalue weighted by Crippen LogP contribution is -2.45. The summed E-state index contributed by atoms with van der Waals surface area (Å²) < 4.78 is 28.5. The van der Waals surface area contributed by atoms with Crippen LogP contribution < -0.4 is 25.5 Å². The van der Waals surface area contributed by atoms with Crippen LogP contribution in [0.15, 0.2) is 41.3 Å². The number of aliphatic hydroxyl groups is 1. The van der Waals surface area contributed by atoms with Crippen molar-refractivity contribution in [3.05, 3.63) is 52.4 Å². The standard InChI is InChI=1S/C26H35N5O5S/c32-17-18-37(35,36)28-20-6-7-21(23(19-20)29-15-10-26(8-9-26)11-16-29)24(33)27-22-5-4-14-31(25(22)34)30-12-2-1-3-13-30/h4-7,14,19,28,32H,1-3,8-13,15-18H2,(H,27,33). The highest BCUT2D eigenvalue weighted by Gasteiger charge is 2.44. The van der Waals surface area contributed by atoms with E-state index in [0.717, 1.165) is 58.3 Å². The van der Waals surface area contributed by atoms with Gasteiger partial charge in [0.2, 0.25) is 10.0 Å². The first-order valence-electron chi connectivity index (χ1n) is 13.1. The number of aromatic nitrogens is 1. The van der Waals surface area contributed by atoms with Gasteiger partial charge in [-0.2, -0.15) is 0 Å². The molecule has 1 aromatic carbocycles. The molecule has 5 rings (SSSR count). The number of hydrogen-bond acceptors (Lipinski definition) is 7. The minimum atomic E-state index is -3.71. The number of piperidine rings is 2. The molecule has 10 nitrogen and oxygen atoms in total. The van der Waals surface area contributed by atoms with Gasteiger partial charge in [0.05, 0.1) is 29.3 Å². The summed E-state index contributed by atoms with van der Waals surface area (Å²) in [5.74, 6) is -0.825. The summed E-state index contributed by atoms with van der Waals surface area (Å²) in [6.45, 7) is 2.67. The minimum Gasteiger partial charge on any atom is -0.395 e. The van der Waals surface area contributed by atoms with Crippen molar-refractivity contribution in [2.45, 2.75) is 44.9 Å². The van der Waals surface area contributed by atoms with Crippen LogP contribution >= 0.6 is 0 Å². The quantitative estimate of drug-likeness (QED) is 0.480. The third-order valence-electron chi connectivity index (χ3n) is 7.81. The zero-order valence-electron chi connectivity index (χ0n) is 21.0. The number of carbonyl (C=O) groups is 1. The highest BCUT2D eigenvalue weighted by Crippen LogP contribution is 2.54. The van der Waals surface area contributed by atoms with E-state index in [1.54, 1.807) is 35.1 Å². The van der Waals surface area contributed by atoms with Gasteiger partial charge in [0, 0.05) is 32.4 Å². The molecule has 2 aliphatic heterocycles. The molecular weight excluding hydrogens is 494 g/mol. The van der Waals surface area contributed by atoms with Gasteiger partial charge in [-0.05, 0) is 80.7 Å². The summed E-state index contributed by atoms with van der Waals surface area (Å²) in [5, 5.41) is 13.9. The van der Waals surface area contributed by atoms with Gasteiger partial charge in [-0.1, -0.05) is 0 Å². The number of rotatable bonds is 8. The molecule has 3 N–H and O–H groups in total. The second-order valence-electron chi connectivity index (χ2n) is 10.4. The fraction of sp³-hybridized carbons (Fsp3) is 0.538. The Bertz CT molecular complexity index is 1300. The maximum absolute atomic E-state index is 13.5. The predicted octanol–water partition coefficient (Wildman–Crippen LogP) is 2.34. The third kappa shape index (κ3) is 5.77. The number of aliphatic hydroxyl groups excluding tert-OH is 1. The summed E-state index contributed by atoms with van der Waals surface area (Å²) in [4.78, 5) is 28.8. The number of nitrogens with zero attached hydrogens (tertiary/aromatic N) is 3. The summed E-state index contributed by atoms with van der Waals surface area (Å²) in [6, 6.07) is 8.16. The summed E-state index contributed by atoms with van der Waals surface area (Å²) in [6.07, 6.45) is 9.48. The van der Waals surface area contributed by atoms with E-state index in [-0.39, 0.29) is 11.2 Å². The van der Waals surface area contributed by atoms with Crippen molar-refractivity contribution in [2.75, 3.05) is 58.5 Å². The van der Waals surface area contributed by atoms with Crippen molar-refractivity contribution >= 4 is 33.0 Å². The number of amides is 1. The van der Waals surface area contributed by atoms with E-state index in [9.17, 15) is 18.0 Å². The van der Waals surface area contributed by atoms with E-state index in [2.05, 4.69) is 14.9 Å². The first-order valence-corrected chi connectivity index (χ1v) is 14.7. The molecule has 1 saturated carbocycles. The largest absolute Gasteiger partial charge is 0.395 e. The number of hydrogen-bond donors (Lipinski definition) is 3. The average Bonchev–Trinajstić information content (AvgIpc) is 3.64. The lowest BCUT2D eigenvalue weighted by atomic mass is 9.93. The highest BCUT2D eigenvalue weighted by atomic mass is 32.2. The van der Waals surface area contributed by atoms with Gasteiger partial charge in [0.15, 0.2) is 0 Å². The summed E-state index contributed by atoms with van der Waals surface area (Å²) in [7, 11) is -3.71. The number of benzene rings is 1. The molecular formula is C26H35N5O5S. The van der Waals surface area contributed by atoms with Crippen LogP contribution in [0.4, 0.5) is 17.1 Å². The Balaban J connectivity index is 1.42. The van der Waals surface area contributed by atoms with Crippen molar-refractivity contribution in [1.82, 2.24) is 4.68 Å². The molecule has 1 aromatic heterocycles. The van der Waals surface area contributed by atoms with Crippen molar-refractivity contribution in [3.8, 4) is 0 Å². The van der Waals surface area contributed by atoms with Crippen molar-refractivity contribution < 1.29 is 18.3 Å². The lowest BCUT2D eigenvalue weighted by molar-refractivity contribution is 0.102. The van der Waals surface area contributed by atoms with Crippen molar-refractivity contribution in [1.29, 1.82) is 0 Å². The Morgan fingerprint density at radius 2 is 1.73 bits per heavy atom. The van der Waals surface area contributed by atoms with Crippen LogP contribution in [-0.2, 0) is 10.0 Å². The average molecular weight is 530 g/mol. The van der Waals surface area contributed by atoms with Gasteiger partial charge in [-0.25, -0.2) is 13.1 Å². The Labute approximate surface area is 217 Å². The lowest BCUT2D eigenvalue weighted by Gasteiger charge is -2.35. The summed E-state index contributed by atoms with van der Waals surface area (Å²) >= 11 is 0. The van der Waals surface area contributed by atoms with Gasteiger partial charge >= 0.3 is 0 Å². The molecule has 0 radical (unpaired) electrons. The fourth-order valence-electron chi connectivity index (χ4n) is 5.38. The van der Waals surface area contributed by atoms with Crippen molar-refractivity contribution in [2.24, 2.45) is 5.41 Å². The van der Waals surface area contributed by atoms with Crippen LogP contribution in [0.1, 0.15) is 55.3 Å². The molecule has 1 spiro atoms. The number of sulfonamides is 1. The number of carbonyl (C=O) groups excluding carboxylic acids is 1.